The van der Waals surface area contributed by atoms with Crippen molar-refractivity contribution < 1.29 is 19.7 Å². The predicted molar refractivity (Wildman–Crippen MR) is 90.0 cm³/mol. The van der Waals surface area contributed by atoms with E-state index in [-0.39, 0.29) is 18.0 Å². The molecule has 3 N–H and O–H groups in total. The number of hydrogen-bond donors (Lipinski definition) is 2. The molecule has 2 saturated carbocycles. The molecule has 0 spiro atoms. The standard InChI is InChI=1S/C19H32N2O2/c1-13-6-5-7-19(2)11-17-14(10-16(13)19)15(18(22)23-17)12-20-8-9-21(3)4/h14-17,20H,1,5-12H2,2-4H3/p+2/t14-,15-,16+,17-,19-/m1/s1. The second-order valence-electron chi connectivity index (χ2n) is 8.67. The summed E-state index contributed by atoms with van der Waals surface area (Å²) in [5, 5.41) is 2.31. The lowest BCUT2D eigenvalue weighted by molar-refractivity contribution is -0.874. The Labute approximate surface area is 140 Å². The fourth-order valence-electron chi connectivity index (χ4n) is 5.21. The van der Waals surface area contributed by atoms with Gasteiger partial charge < -0.3 is 15.0 Å². The van der Waals surface area contributed by atoms with Crippen LogP contribution in [0, 0.1) is 23.2 Å². The zero-order valence-corrected chi connectivity index (χ0v) is 15.1. The Kier molecular flexibility index (Phi) is 4.84. The van der Waals surface area contributed by atoms with Crippen molar-refractivity contribution in [1.29, 1.82) is 0 Å². The quantitative estimate of drug-likeness (QED) is 0.425. The first-order chi connectivity index (χ1) is 10.9. The number of rotatable bonds is 5. The van der Waals surface area contributed by atoms with Crippen LogP contribution in [0.4, 0.5) is 0 Å². The van der Waals surface area contributed by atoms with E-state index >= 15 is 0 Å². The van der Waals surface area contributed by atoms with Crippen molar-refractivity contribution in [3.63, 3.8) is 0 Å². The summed E-state index contributed by atoms with van der Waals surface area (Å²) >= 11 is 0. The van der Waals surface area contributed by atoms with Crippen LogP contribution in [-0.4, -0.2) is 45.8 Å². The third-order valence-electron chi connectivity index (χ3n) is 6.59. The molecule has 0 unspecified atom stereocenters. The van der Waals surface area contributed by atoms with Crippen molar-refractivity contribution in [3.8, 4) is 0 Å². The number of carbonyl (C=O) groups is 1. The molecule has 130 valence electrons. The van der Waals surface area contributed by atoms with Crippen molar-refractivity contribution in [2.45, 2.75) is 45.1 Å². The summed E-state index contributed by atoms with van der Waals surface area (Å²) in [5.41, 5.74) is 1.74. The minimum absolute atomic E-state index is 0.0568. The normalized spacial score (nSPS) is 40.0. The fraction of sp³-hybridized carbons (Fsp3) is 0.842. The molecule has 0 radical (unpaired) electrons. The number of carbonyl (C=O) groups excluding carboxylic acids is 1. The predicted octanol–water partition coefficient (Wildman–Crippen LogP) is 0.00850. The van der Waals surface area contributed by atoms with E-state index in [1.807, 2.05) is 0 Å². The van der Waals surface area contributed by atoms with Gasteiger partial charge in [0.25, 0.3) is 0 Å². The molecule has 0 aromatic heterocycles. The maximum absolute atomic E-state index is 12.4. The van der Waals surface area contributed by atoms with Crippen molar-refractivity contribution in [1.82, 2.24) is 0 Å². The molecule has 0 aromatic rings. The number of esters is 1. The zero-order chi connectivity index (χ0) is 16.6. The summed E-state index contributed by atoms with van der Waals surface area (Å²) in [5.74, 6) is 1.16. The SMILES string of the molecule is C=C1CCC[C@]2(C)C[C@H]3OC(=O)[C@H](C[NH2+]CC[NH+](C)C)[C@H]3C[C@@H]12. The molecule has 0 aromatic carbocycles. The second kappa shape index (κ2) is 6.56. The summed E-state index contributed by atoms with van der Waals surface area (Å²) in [6.45, 7) is 9.86. The smallest absolute Gasteiger partial charge is 0.315 e. The number of fused-ring (bicyclic) bond motifs is 2. The van der Waals surface area contributed by atoms with Gasteiger partial charge in [-0.05, 0) is 43.4 Å². The summed E-state index contributed by atoms with van der Waals surface area (Å²) in [6.07, 6.45) is 6.01. The first-order valence-electron chi connectivity index (χ1n) is 9.39. The summed E-state index contributed by atoms with van der Waals surface area (Å²) in [4.78, 5) is 13.8. The molecule has 1 saturated heterocycles. The number of quaternary nitrogens is 2. The van der Waals surface area contributed by atoms with Gasteiger partial charge in [-0.1, -0.05) is 19.1 Å². The van der Waals surface area contributed by atoms with E-state index in [9.17, 15) is 4.79 Å². The number of nitrogens with one attached hydrogen (secondary N) is 1. The van der Waals surface area contributed by atoms with E-state index in [1.165, 1.54) is 29.7 Å². The molecule has 23 heavy (non-hydrogen) atoms. The number of likely N-dealkylation sites (N-methyl/N-ethyl adjacent to an activating group) is 1. The monoisotopic (exact) mass is 322 g/mol. The summed E-state index contributed by atoms with van der Waals surface area (Å²) < 4.78 is 5.81. The maximum atomic E-state index is 12.4. The molecule has 5 atom stereocenters. The Balaban J connectivity index is 1.64. The Bertz CT molecular complexity index is 476. The zero-order valence-electron chi connectivity index (χ0n) is 15.1. The van der Waals surface area contributed by atoms with E-state index in [1.54, 1.807) is 0 Å². The molecule has 1 heterocycles. The summed E-state index contributed by atoms with van der Waals surface area (Å²) in [6, 6.07) is 0. The number of allylic oxidation sites excluding steroid dienone is 1. The van der Waals surface area contributed by atoms with Crippen LogP contribution in [0.2, 0.25) is 0 Å². The van der Waals surface area contributed by atoms with Crippen LogP contribution in [0.25, 0.3) is 0 Å². The highest BCUT2D eigenvalue weighted by Gasteiger charge is 2.55. The van der Waals surface area contributed by atoms with Crippen LogP contribution < -0.4 is 10.2 Å². The number of ether oxygens (including phenoxy) is 1. The average Bonchev–Trinajstić information content (AvgIpc) is 2.76. The lowest BCUT2D eigenvalue weighted by atomic mass is 9.55. The highest BCUT2D eigenvalue weighted by Crippen LogP contribution is 2.56. The van der Waals surface area contributed by atoms with Crippen LogP contribution in [0.3, 0.4) is 0 Å². The van der Waals surface area contributed by atoms with E-state index in [4.69, 9.17) is 4.74 Å². The van der Waals surface area contributed by atoms with Gasteiger partial charge in [-0.3, -0.25) is 4.79 Å². The highest BCUT2D eigenvalue weighted by atomic mass is 16.6. The third kappa shape index (κ3) is 3.34. The molecule has 2 aliphatic carbocycles. The Morgan fingerprint density at radius 3 is 2.96 bits per heavy atom. The molecular formula is C19H34N2O2+2. The first kappa shape index (κ1) is 17.0. The fourth-order valence-corrected chi connectivity index (χ4v) is 5.21. The molecule has 1 aliphatic heterocycles. The molecule has 4 nitrogen and oxygen atoms in total. The van der Waals surface area contributed by atoms with Crippen LogP contribution in [0.1, 0.15) is 39.0 Å². The molecule has 3 rings (SSSR count). The van der Waals surface area contributed by atoms with Crippen molar-refractivity contribution in [2.24, 2.45) is 23.2 Å². The van der Waals surface area contributed by atoms with Gasteiger partial charge in [0.1, 0.15) is 25.1 Å². The molecule has 0 bridgehead atoms. The molecular weight excluding hydrogens is 288 g/mol. The minimum Gasteiger partial charge on any atom is -0.462 e. The van der Waals surface area contributed by atoms with Gasteiger partial charge in [0.2, 0.25) is 0 Å². The number of nitrogens with two attached hydrogens (primary N) is 1. The lowest BCUT2D eigenvalue weighted by Crippen LogP contribution is -3.09. The van der Waals surface area contributed by atoms with E-state index in [2.05, 4.69) is 32.9 Å². The van der Waals surface area contributed by atoms with Gasteiger partial charge in [-0.25, -0.2) is 0 Å². The second-order valence-corrected chi connectivity index (χ2v) is 8.67. The minimum atomic E-state index is 0.0568. The number of hydrogen-bond acceptors (Lipinski definition) is 2. The van der Waals surface area contributed by atoms with Gasteiger partial charge in [-0.15, -0.1) is 0 Å². The first-order valence-corrected chi connectivity index (χ1v) is 9.39. The Hall–Kier alpha value is -0.870. The Morgan fingerprint density at radius 2 is 2.22 bits per heavy atom. The topological polar surface area (TPSA) is 47.3 Å². The van der Waals surface area contributed by atoms with Crippen molar-refractivity contribution in [3.05, 3.63) is 12.2 Å². The largest absolute Gasteiger partial charge is 0.462 e. The average molecular weight is 322 g/mol. The van der Waals surface area contributed by atoms with E-state index in [0.29, 0.717) is 17.3 Å². The van der Waals surface area contributed by atoms with Gasteiger partial charge >= 0.3 is 5.97 Å². The van der Waals surface area contributed by atoms with Gasteiger partial charge in [0.15, 0.2) is 0 Å². The molecule has 3 fully saturated rings. The van der Waals surface area contributed by atoms with Crippen LogP contribution in [0.5, 0.6) is 0 Å². The van der Waals surface area contributed by atoms with E-state index in [0.717, 1.165) is 32.5 Å². The molecule has 3 aliphatic rings. The van der Waals surface area contributed by atoms with Gasteiger partial charge in [-0.2, -0.15) is 0 Å². The van der Waals surface area contributed by atoms with Crippen LogP contribution >= 0.6 is 0 Å². The maximum Gasteiger partial charge on any atom is 0.315 e. The molecule has 0 amide bonds. The Morgan fingerprint density at radius 1 is 1.43 bits per heavy atom. The lowest BCUT2D eigenvalue weighted by Gasteiger charge is -2.49. The van der Waals surface area contributed by atoms with Gasteiger partial charge in [0, 0.05) is 5.92 Å². The van der Waals surface area contributed by atoms with Crippen LogP contribution in [-0.2, 0) is 9.53 Å². The van der Waals surface area contributed by atoms with Crippen LogP contribution in [0.15, 0.2) is 12.2 Å². The van der Waals surface area contributed by atoms with Gasteiger partial charge in [0.05, 0.1) is 20.6 Å². The van der Waals surface area contributed by atoms with Crippen molar-refractivity contribution in [2.75, 3.05) is 33.7 Å². The highest BCUT2D eigenvalue weighted by molar-refractivity contribution is 5.75. The van der Waals surface area contributed by atoms with E-state index < -0.39 is 0 Å². The summed E-state index contributed by atoms with van der Waals surface area (Å²) in [7, 11) is 4.34. The third-order valence-corrected chi connectivity index (χ3v) is 6.59. The molecule has 4 heteroatoms. The van der Waals surface area contributed by atoms with Crippen molar-refractivity contribution >= 4 is 5.97 Å².